The quantitative estimate of drug-likeness (QED) is 0.472. The molecule has 0 bridgehead atoms. The van der Waals surface area contributed by atoms with E-state index in [-0.39, 0.29) is 12.2 Å². The number of benzene rings is 2. The number of hydrogen-bond acceptors (Lipinski definition) is 3. The maximum absolute atomic E-state index is 11.8. The number of aryl methyl sites for hydroxylation is 1. The molecule has 0 saturated heterocycles. The summed E-state index contributed by atoms with van der Waals surface area (Å²) in [4.78, 5) is 22.9. The first kappa shape index (κ1) is 12.3. The van der Waals surface area contributed by atoms with Gasteiger partial charge in [0.1, 0.15) is 6.42 Å². The fourth-order valence-corrected chi connectivity index (χ4v) is 1.84. The molecule has 0 fully saturated rings. The van der Waals surface area contributed by atoms with Crippen LogP contribution in [0.25, 0.3) is 10.8 Å². The van der Waals surface area contributed by atoms with Gasteiger partial charge in [0.2, 0.25) is 0 Å². The Balaban J connectivity index is 2.32. The fraction of sp³-hybridized carbons (Fsp3) is 0.200. The van der Waals surface area contributed by atoms with Gasteiger partial charge in [-0.05, 0) is 23.8 Å². The average molecular weight is 242 g/mol. The molecule has 2 aromatic carbocycles. The molecular formula is C15H14O3. The smallest absolute Gasteiger partial charge is 0.313 e. The van der Waals surface area contributed by atoms with Crippen molar-refractivity contribution in [1.29, 1.82) is 0 Å². The number of esters is 1. The van der Waals surface area contributed by atoms with E-state index in [9.17, 15) is 9.59 Å². The topological polar surface area (TPSA) is 43.4 Å². The normalized spacial score (nSPS) is 10.3. The lowest BCUT2D eigenvalue weighted by Gasteiger charge is -2.03. The number of Topliss-reactive ketones (excluding diaryl/α,β-unsaturated/α-hetero) is 1. The molecule has 0 radical (unpaired) electrons. The summed E-state index contributed by atoms with van der Waals surface area (Å²) in [5.74, 6) is -0.728. The summed E-state index contributed by atoms with van der Waals surface area (Å²) < 4.78 is 4.49. The zero-order chi connectivity index (χ0) is 13.1. The second-order valence-corrected chi connectivity index (χ2v) is 4.24. The van der Waals surface area contributed by atoms with E-state index < -0.39 is 5.97 Å². The lowest BCUT2D eigenvalue weighted by molar-refractivity contribution is -0.139. The van der Waals surface area contributed by atoms with Crippen molar-refractivity contribution < 1.29 is 14.3 Å². The van der Waals surface area contributed by atoms with Crippen molar-refractivity contribution in [3.8, 4) is 0 Å². The third kappa shape index (κ3) is 2.56. The van der Waals surface area contributed by atoms with Crippen LogP contribution in [0.2, 0.25) is 0 Å². The summed E-state index contributed by atoms with van der Waals surface area (Å²) in [7, 11) is 1.28. The van der Waals surface area contributed by atoms with Crippen LogP contribution in [0.5, 0.6) is 0 Å². The number of ether oxygens (including phenoxy) is 1. The molecule has 0 amide bonds. The molecule has 0 aliphatic carbocycles. The Morgan fingerprint density at radius 1 is 1.06 bits per heavy atom. The van der Waals surface area contributed by atoms with Crippen molar-refractivity contribution in [3.63, 3.8) is 0 Å². The Morgan fingerprint density at radius 2 is 1.72 bits per heavy atom. The van der Waals surface area contributed by atoms with Gasteiger partial charge in [0.25, 0.3) is 0 Å². The van der Waals surface area contributed by atoms with E-state index in [4.69, 9.17) is 0 Å². The highest BCUT2D eigenvalue weighted by Crippen LogP contribution is 2.18. The summed E-state index contributed by atoms with van der Waals surface area (Å²) in [6.45, 7) is 2.02. The molecule has 0 spiro atoms. The molecule has 0 saturated carbocycles. The predicted molar refractivity (Wildman–Crippen MR) is 69.6 cm³/mol. The second kappa shape index (κ2) is 5.00. The fourth-order valence-electron chi connectivity index (χ4n) is 1.84. The van der Waals surface area contributed by atoms with Crippen LogP contribution >= 0.6 is 0 Å². The van der Waals surface area contributed by atoms with Gasteiger partial charge in [0, 0.05) is 5.56 Å². The van der Waals surface area contributed by atoms with Crippen LogP contribution in [0.4, 0.5) is 0 Å². The second-order valence-electron chi connectivity index (χ2n) is 4.24. The van der Waals surface area contributed by atoms with Gasteiger partial charge in [0.15, 0.2) is 5.78 Å². The highest BCUT2D eigenvalue weighted by atomic mass is 16.5. The number of rotatable bonds is 3. The first-order chi connectivity index (χ1) is 8.60. The van der Waals surface area contributed by atoms with Crippen molar-refractivity contribution >= 4 is 22.5 Å². The number of hydrogen-bond donors (Lipinski definition) is 0. The third-order valence-electron chi connectivity index (χ3n) is 2.85. The molecule has 0 aromatic heterocycles. The first-order valence-electron chi connectivity index (χ1n) is 5.70. The lowest BCUT2D eigenvalue weighted by atomic mass is 10.0. The Labute approximate surface area is 105 Å². The molecule has 3 nitrogen and oxygen atoms in total. The van der Waals surface area contributed by atoms with E-state index in [0.29, 0.717) is 5.56 Å². The van der Waals surface area contributed by atoms with E-state index in [1.54, 1.807) is 12.1 Å². The van der Waals surface area contributed by atoms with Crippen LogP contribution in [0, 0.1) is 6.92 Å². The molecule has 0 unspecified atom stereocenters. The molecule has 92 valence electrons. The van der Waals surface area contributed by atoms with E-state index in [1.807, 2.05) is 25.1 Å². The third-order valence-corrected chi connectivity index (χ3v) is 2.85. The van der Waals surface area contributed by atoms with E-state index in [2.05, 4.69) is 10.8 Å². The van der Waals surface area contributed by atoms with Crippen molar-refractivity contribution in [2.75, 3.05) is 7.11 Å². The molecule has 0 aliphatic heterocycles. The van der Waals surface area contributed by atoms with Crippen molar-refractivity contribution in [2.45, 2.75) is 13.3 Å². The van der Waals surface area contributed by atoms with Crippen LogP contribution in [0.1, 0.15) is 22.3 Å². The number of ketones is 1. The largest absolute Gasteiger partial charge is 0.469 e. The minimum absolute atomic E-state index is 0.214. The lowest BCUT2D eigenvalue weighted by Crippen LogP contribution is -2.09. The Bertz CT molecular complexity index is 614. The van der Waals surface area contributed by atoms with Gasteiger partial charge in [-0.15, -0.1) is 0 Å². The van der Waals surface area contributed by atoms with Crippen LogP contribution in [-0.4, -0.2) is 18.9 Å². The molecule has 0 N–H and O–H groups in total. The number of carbonyl (C=O) groups excluding carboxylic acids is 2. The maximum Gasteiger partial charge on any atom is 0.313 e. The Kier molecular flexibility index (Phi) is 3.42. The monoisotopic (exact) mass is 242 g/mol. The highest BCUT2D eigenvalue weighted by molar-refractivity contribution is 6.07. The highest BCUT2D eigenvalue weighted by Gasteiger charge is 2.12. The zero-order valence-corrected chi connectivity index (χ0v) is 10.4. The summed E-state index contributed by atoms with van der Waals surface area (Å²) in [6.07, 6.45) is -0.214. The van der Waals surface area contributed by atoms with Crippen molar-refractivity contribution in [3.05, 3.63) is 47.5 Å². The number of methoxy groups -OCH3 is 1. The zero-order valence-electron chi connectivity index (χ0n) is 10.4. The minimum atomic E-state index is -0.510. The van der Waals surface area contributed by atoms with Crippen LogP contribution in [-0.2, 0) is 9.53 Å². The minimum Gasteiger partial charge on any atom is -0.469 e. The van der Waals surface area contributed by atoms with Gasteiger partial charge in [0.05, 0.1) is 7.11 Å². The maximum atomic E-state index is 11.8. The van der Waals surface area contributed by atoms with Gasteiger partial charge in [-0.25, -0.2) is 0 Å². The van der Waals surface area contributed by atoms with E-state index in [0.717, 1.165) is 10.8 Å². The summed E-state index contributed by atoms with van der Waals surface area (Å²) in [6, 6.07) is 11.5. The molecule has 2 rings (SSSR count). The SMILES string of the molecule is COC(=O)CC(=O)c1ccc2cc(C)ccc2c1. The number of fused-ring (bicyclic) bond motifs is 1. The van der Waals surface area contributed by atoms with Gasteiger partial charge in [-0.1, -0.05) is 35.9 Å². The molecule has 0 atom stereocenters. The van der Waals surface area contributed by atoms with E-state index >= 15 is 0 Å². The van der Waals surface area contributed by atoms with Gasteiger partial charge >= 0.3 is 5.97 Å². The molecule has 0 aliphatic rings. The molecule has 3 heteroatoms. The predicted octanol–water partition coefficient (Wildman–Crippen LogP) is 2.89. The molecular weight excluding hydrogens is 228 g/mol. The van der Waals surface area contributed by atoms with E-state index in [1.165, 1.54) is 12.7 Å². The molecule has 2 aromatic rings. The standard InChI is InChI=1S/C15H14O3/c1-10-3-4-12-8-13(6-5-11(12)7-10)14(16)9-15(17)18-2/h3-8H,9H2,1-2H3. The molecule has 18 heavy (non-hydrogen) atoms. The molecule has 0 heterocycles. The van der Waals surface area contributed by atoms with Crippen LogP contribution in [0.15, 0.2) is 36.4 Å². The Hall–Kier alpha value is -2.16. The Morgan fingerprint density at radius 3 is 2.44 bits per heavy atom. The summed E-state index contributed by atoms with van der Waals surface area (Å²) in [5, 5.41) is 2.08. The number of carbonyl (C=O) groups is 2. The average Bonchev–Trinajstić information content (AvgIpc) is 2.37. The van der Waals surface area contributed by atoms with Crippen LogP contribution in [0.3, 0.4) is 0 Å². The van der Waals surface area contributed by atoms with Gasteiger partial charge in [-0.3, -0.25) is 9.59 Å². The van der Waals surface area contributed by atoms with Gasteiger partial charge < -0.3 is 4.74 Å². The van der Waals surface area contributed by atoms with Crippen LogP contribution < -0.4 is 0 Å². The summed E-state index contributed by atoms with van der Waals surface area (Å²) >= 11 is 0. The summed E-state index contributed by atoms with van der Waals surface area (Å²) in [5.41, 5.74) is 1.72. The van der Waals surface area contributed by atoms with Crippen molar-refractivity contribution in [1.82, 2.24) is 0 Å². The first-order valence-corrected chi connectivity index (χ1v) is 5.70. The van der Waals surface area contributed by atoms with Crippen molar-refractivity contribution in [2.24, 2.45) is 0 Å². The van der Waals surface area contributed by atoms with Gasteiger partial charge in [-0.2, -0.15) is 0 Å².